The molecule has 0 aromatic carbocycles. The molecule has 5 nitrogen and oxygen atoms in total. The number of aryl methyl sites for hydroxylation is 1. The fourth-order valence-corrected chi connectivity index (χ4v) is 2.74. The lowest BCUT2D eigenvalue weighted by molar-refractivity contribution is 0.627. The molecule has 3 aromatic rings. The topological polar surface area (TPSA) is 47.7 Å². The second-order valence-corrected chi connectivity index (χ2v) is 5.27. The SMILES string of the molecule is CCCn1cncc1Cn1cc(CNC)c2cccnc21. The molecule has 0 unspecified atom stereocenters. The van der Waals surface area contributed by atoms with Gasteiger partial charge in [-0.05, 0) is 31.2 Å². The molecule has 5 heteroatoms. The van der Waals surface area contributed by atoms with Crippen LogP contribution in [-0.4, -0.2) is 26.1 Å². The minimum atomic E-state index is 0.803. The second kappa shape index (κ2) is 6.10. The predicted octanol–water partition coefficient (Wildman–Crippen LogP) is 2.41. The Morgan fingerprint density at radius 1 is 1.29 bits per heavy atom. The van der Waals surface area contributed by atoms with Crippen molar-refractivity contribution in [3.05, 3.63) is 48.3 Å². The van der Waals surface area contributed by atoms with E-state index in [-0.39, 0.29) is 0 Å². The van der Waals surface area contributed by atoms with Crippen LogP contribution in [0.3, 0.4) is 0 Å². The first-order valence-electron chi connectivity index (χ1n) is 7.39. The molecule has 0 spiro atoms. The number of nitrogens with zero attached hydrogens (tertiary/aromatic N) is 4. The van der Waals surface area contributed by atoms with Crippen LogP contribution in [0.15, 0.2) is 37.1 Å². The van der Waals surface area contributed by atoms with Gasteiger partial charge in [0.1, 0.15) is 5.65 Å². The van der Waals surface area contributed by atoms with Crippen molar-refractivity contribution < 1.29 is 0 Å². The van der Waals surface area contributed by atoms with E-state index in [9.17, 15) is 0 Å². The fraction of sp³-hybridized carbons (Fsp3) is 0.375. The summed E-state index contributed by atoms with van der Waals surface area (Å²) >= 11 is 0. The van der Waals surface area contributed by atoms with Crippen LogP contribution in [-0.2, 0) is 19.6 Å². The molecule has 0 aliphatic heterocycles. The normalized spacial score (nSPS) is 11.3. The Balaban J connectivity index is 1.98. The maximum Gasteiger partial charge on any atom is 0.140 e. The maximum absolute atomic E-state index is 4.55. The van der Waals surface area contributed by atoms with Gasteiger partial charge in [-0.1, -0.05) is 6.92 Å². The third kappa shape index (κ3) is 2.69. The highest BCUT2D eigenvalue weighted by Gasteiger charge is 2.10. The number of aromatic nitrogens is 4. The molecule has 0 aliphatic carbocycles. The van der Waals surface area contributed by atoms with Gasteiger partial charge in [0.05, 0.1) is 18.6 Å². The standard InChI is InChI=1S/C16H21N5/c1-3-7-20-12-18-9-14(20)11-21-10-13(8-17-2)15-5-4-6-19-16(15)21/h4-6,9-10,12,17H,3,7-8,11H2,1-2H3. The van der Waals surface area contributed by atoms with Gasteiger partial charge in [0, 0.05) is 37.1 Å². The third-order valence-corrected chi connectivity index (χ3v) is 3.68. The van der Waals surface area contributed by atoms with Crippen molar-refractivity contribution in [3.8, 4) is 0 Å². The van der Waals surface area contributed by atoms with Crippen LogP contribution in [0.1, 0.15) is 24.6 Å². The monoisotopic (exact) mass is 283 g/mol. The van der Waals surface area contributed by atoms with E-state index < -0.39 is 0 Å². The molecule has 110 valence electrons. The molecule has 0 bridgehead atoms. The van der Waals surface area contributed by atoms with Gasteiger partial charge in [-0.25, -0.2) is 9.97 Å². The molecule has 0 atom stereocenters. The van der Waals surface area contributed by atoms with Crippen LogP contribution in [0.25, 0.3) is 11.0 Å². The van der Waals surface area contributed by atoms with E-state index in [0.29, 0.717) is 0 Å². The first-order valence-corrected chi connectivity index (χ1v) is 7.39. The number of hydrogen-bond donors (Lipinski definition) is 1. The van der Waals surface area contributed by atoms with Crippen molar-refractivity contribution in [2.45, 2.75) is 33.0 Å². The minimum absolute atomic E-state index is 0.803. The second-order valence-electron chi connectivity index (χ2n) is 5.27. The molecule has 3 aromatic heterocycles. The number of imidazole rings is 1. The third-order valence-electron chi connectivity index (χ3n) is 3.68. The van der Waals surface area contributed by atoms with Gasteiger partial charge in [-0.15, -0.1) is 0 Å². The van der Waals surface area contributed by atoms with Crippen LogP contribution >= 0.6 is 0 Å². The molecule has 3 heterocycles. The molecule has 0 radical (unpaired) electrons. The summed E-state index contributed by atoms with van der Waals surface area (Å²) in [5.74, 6) is 0. The molecule has 21 heavy (non-hydrogen) atoms. The summed E-state index contributed by atoms with van der Waals surface area (Å²) in [6.45, 7) is 4.84. The van der Waals surface area contributed by atoms with E-state index in [0.717, 1.165) is 31.7 Å². The Labute approximate surface area is 124 Å². The average Bonchev–Trinajstić information content (AvgIpc) is 3.07. The van der Waals surface area contributed by atoms with Gasteiger partial charge in [-0.2, -0.15) is 0 Å². The van der Waals surface area contributed by atoms with Gasteiger partial charge < -0.3 is 14.5 Å². The minimum Gasteiger partial charge on any atom is -0.333 e. The van der Waals surface area contributed by atoms with E-state index in [2.05, 4.69) is 43.6 Å². The van der Waals surface area contributed by atoms with Gasteiger partial charge >= 0.3 is 0 Å². The Kier molecular flexibility index (Phi) is 4.01. The van der Waals surface area contributed by atoms with E-state index in [1.165, 1.54) is 16.6 Å². The molecule has 0 amide bonds. The summed E-state index contributed by atoms with van der Waals surface area (Å²) in [5.41, 5.74) is 3.53. The molecular formula is C16H21N5. The van der Waals surface area contributed by atoms with Crippen molar-refractivity contribution in [3.63, 3.8) is 0 Å². The fourth-order valence-electron chi connectivity index (χ4n) is 2.74. The zero-order valence-corrected chi connectivity index (χ0v) is 12.6. The van der Waals surface area contributed by atoms with Crippen LogP contribution in [0, 0.1) is 0 Å². The summed E-state index contributed by atoms with van der Waals surface area (Å²) in [7, 11) is 1.97. The molecule has 0 saturated carbocycles. The van der Waals surface area contributed by atoms with Crippen molar-refractivity contribution >= 4 is 11.0 Å². The average molecular weight is 283 g/mol. The number of hydrogen-bond acceptors (Lipinski definition) is 3. The van der Waals surface area contributed by atoms with Crippen molar-refractivity contribution in [1.29, 1.82) is 0 Å². The maximum atomic E-state index is 4.55. The van der Waals surface area contributed by atoms with E-state index in [1.807, 2.05) is 31.8 Å². The Morgan fingerprint density at radius 2 is 2.19 bits per heavy atom. The van der Waals surface area contributed by atoms with Crippen LogP contribution < -0.4 is 5.32 Å². The predicted molar refractivity (Wildman–Crippen MR) is 84.1 cm³/mol. The molecule has 0 aliphatic rings. The molecular weight excluding hydrogens is 262 g/mol. The summed E-state index contributed by atoms with van der Waals surface area (Å²) in [6.07, 6.45) is 9.01. The van der Waals surface area contributed by atoms with Crippen molar-refractivity contribution in [1.82, 2.24) is 24.4 Å². The van der Waals surface area contributed by atoms with E-state index in [1.54, 1.807) is 0 Å². The van der Waals surface area contributed by atoms with Crippen LogP contribution in [0.4, 0.5) is 0 Å². The summed E-state index contributed by atoms with van der Waals surface area (Å²) < 4.78 is 4.43. The number of nitrogens with one attached hydrogen (secondary N) is 1. The van der Waals surface area contributed by atoms with Crippen LogP contribution in [0.5, 0.6) is 0 Å². The summed E-state index contributed by atoms with van der Waals surface area (Å²) in [5, 5.41) is 4.44. The Morgan fingerprint density at radius 3 is 3.00 bits per heavy atom. The number of rotatable bonds is 6. The first-order chi connectivity index (χ1) is 10.3. The highest BCUT2D eigenvalue weighted by atomic mass is 15.1. The molecule has 0 saturated heterocycles. The highest BCUT2D eigenvalue weighted by molar-refractivity contribution is 5.80. The van der Waals surface area contributed by atoms with Crippen molar-refractivity contribution in [2.24, 2.45) is 0 Å². The number of pyridine rings is 1. The first kappa shape index (κ1) is 13.8. The Hall–Kier alpha value is -2.14. The van der Waals surface area contributed by atoms with Gasteiger partial charge in [0.25, 0.3) is 0 Å². The largest absolute Gasteiger partial charge is 0.333 e. The van der Waals surface area contributed by atoms with E-state index >= 15 is 0 Å². The lowest BCUT2D eigenvalue weighted by Gasteiger charge is -2.08. The smallest absolute Gasteiger partial charge is 0.140 e. The number of fused-ring (bicyclic) bond motifs is 1. The van der Waals surface area contributed by atoms with E-state index in [4.69, 9.17) is 0 Å². The highest BCUT2D eigenvalue weighted by Crippen LogP contribution is 2.20. The Bertz CT molecular complexity index is 725. The van der Waals surface area contributed by atoms with Gasteiger partial charge in [0.2, 0.25) is 0 Å². The quantitative estimate of drug-likeness (QED) is 0.755. The van der Waals surface area contributed by atoms with Crippen molar-refractivity contribution in [2.75, 3.05) is 7.05 Å². The zero-order chi connectivity index (χ0) is 14.7. The zero-order valence-electron chi connectivity index (χ0n) is 12.6. The lowest BCUT2D eigenvalue weighted by atomic mass is 10.2. The molecule has 0 fully saturated rings. The van der Waals surface area contributed by atoms with Gasteiger partial charge in [0.15, 0.2) is 0 Å². The molecule has 3 rings (SSSR count). The summed E-state index contributed by atoms with van der Waals surface area (Å²) in [4.78, 5) is 8.82. The lowest BCUT2D eigenvalue weighted by Crippen LogP contribution is -2.07. The summed E-state index contributed by atoms with van der Waals surface area (Å²) in [6, 6.07) is 4.13. The van der Waals surface area contributed by atoms with Gasteiger partial charge in [-0.3, -0.25) is 0 Å². The van der Waals surface area contributed by atoms with Crippen LogP contribution in [0.2, 0.25) is 0 Å². The molecule has 1 N–H and O–H groups in total.